The summed E-state index contributed by atoms with van der Waals surface area (Å²) in [5.41, 5.74) is 2.09. The zero-order valence-corrected chi connectivity index (χ0v) is 18.3. The van der Waals surface area contributed by atoms with Gasteiger partial charge in [0, 0.05) is 33.8 Å². The van der Waals surface area contributed by atoms with Gasteiger partial charge in [-0.15, -0.1) is 11.3 Å². The molecule has 2 N–H and O–H groups in total. The zero-order valence-electron chi connectivity index (χ0n) is 17.5. The molecule has 0 bridgehead atoms. The fraction of sp³-hybridized carbons (Fsp3) is 0.542. The smallest absolute Gasteiger partial charge is 0.168 e. The molecule has 1 aromatic carbocycles. The summed E-state index contributed by atoms with van der Waals surface area (Å²) in [6.45, 7) is 7.00. The third-order valence-electron chi connectivity index (χ3n) is 6.29. The number of aliphatic hydroxyl groups excluding tert-OH is 1. The summed E-state index contributed by atoms with van der Waals surface area (Å²) in [5, 5.41) is 14.3. The molecule has 2 aromatic rings. The normalized spacial score (nSPS) is 26.7. The highest BCUT2D eigenvalue weighted by atomic mass is 32.1. The van der Waals surface area contributed by atoms with Crippen molar-refractivity contribution >= 4 is 17.1 Å². The maximum absolute atomic E-state index is 12.8. The van der Waals surface area contributed by atoms with Crippen molar-refractivity contribution in [3.05, 3.63) is 51.2 Å². The Labute approximate surface area is 177 Å². The number of hydrogen-bond donors (Lipinski definition) is 2. The maximum Gasteiger partial charge on any atom is 0.168 e. The number of carbonyl (C=O) groups excluding carboxylic acids is 1. The Morgan fingerprint density at radius 2 is 2.03 bits per heavy atom. The number of carbonyl (C=O) groups is 1. The average molecular weight is 414 g/mol. The van der Waals surface area contributed by atoms with Crippen LogP contribution in [0.3, 0.4) is 0 Å². The van der Waals surface area contributed by atoms with Crippen molar-refractivity contribution in [1.29, 1.82) is 0 Å². The fourth-order valence-corrected chi connectivity index (χ4v) is 5.68. The fourth-order valence-electron chi connectivity index (χ4n) is 4.63. The number of ether oxygens (including phenoxy) is 1. The molecular weight excluding hydrogens is 382 g/mol. The van der Waals surface area contributed by atoms with E-state index in [9.17, 15) is 9.90 Å². The largest absolute Gasteiger partial charge is 0.487 e. The first kappa shape index (κ1) is 20.6. The van der Waals surface area contributed by atoms with E-state index < -0.39 is 6.10 Å². The molecule has 1 heterocycles. The van der Waals surface area contributed by atoms with E-state index in [1.54, 1.807) is 11.3 Å². The van der Waals surface area contributed by atoms with Crippen LogP contribution in [-0.4, -0.2) is 35.7 Å². The minimum absolute atomic E-state index is 0.00494. The molecule has 4 unspecified atom stereocenters. The summed E-state index contributed by atoms with van der Waals surface area (Å²) in [4.78, 5) is 15.3. The Morgan fingerprint density at radius 3 is 2.83 bits per heavy atom. The van der Waals surface area contributed by atoms with Crippen molar-refractivity contribution < 1.29 is 14.6 Å². The van der Waals surface area contributed by atoms with Crippen LogP contribution in [0.2, 0.25) is 0 Å². The highest BCUT2D eigenvalue weighted by Crippen LogP contribution is 2.33. The number of aliphatic hydroxyl groups is 1. The number of rotatable bonds is 6. The van der Waals surface area contributed by atoms with E-state index in [0.717, 1.165) is 37.0 Å². The molecule has 1 saturated carbocycles. The third kappa shape index (κ3) is 4.27. The Balaban J connectivity index is 1.34. The summed E-state index contributed by atoms with van der Waals surface area (Å²) < 4.78 is 6.22. The second-order valence-corrected chi connectivity index (χ2v) is 10.1. The molecule has 5 heteroatoms. The van der Waals surface area contributed by atoms with Gasteiger partial charge in [0.25, 0.3) is 0 Å². The van der Waals surface area contributed by atoms with Crippen LogP contribution in [0.15, 0.2) is 30.3 Å². The van der Waals surface area contributed by atoms with Crippen LogP contribution in [0, 0.1) is 12.8 Å². The second kappa shape index (κ2) is 8.58. The van der Waals surface area contributed by atoms with E-state index in [0.29, 0.717) is 12.5 Å². The number of thiophene rings is 1. The number of para-hydroxylation sites is 1. The van der Waals surface area contributed by atoms with E-state index in [-0.39, 0.29) is 23.8 Å². The van der Waals surface area contributed by atoms with Gasteiger partial charge in [0.1, 0.15) is 18.0 Å². The van der Waals surface area contributed by atoms with Crippen LogP contribution >= 0.6 is 11.3 Å². The van der Waals surface area contributed by atoms with Crippen LogP contribution in [0.5, 0.6) is 5.75 Å². The van der Waals surface area contributed by atoms with E-state index in [1.165, 1.54) is 15.3 Å². The quantitative estimate of drug-likeness (QED) is 0.733. The van der Waals surface area contributed by atoms with Crippen molar-refractivity contribution in [1.82, 2.24) is 5.32 Å². The van der Waals surface area contributed by atoms with Gasteiger partial charge < -0.3 is 15.2 Å². The van der Waals surface area contributed by atoms with Gasteiger partial charge in [-0.3, -0.25) is 4.79 Å². The van der Waals surface area contributed by atoms with Crippen LogP contribution in [0.1, 0.15) is 64.7 Å². The third-order valence-corrected chi connectivity index (χ3v) is 7.40. The van der Waals surface area contributed by atoms with Crippen LogP contribution in [0.25, 0.3) is 0 Å². The molecule has 0 aliphatic heterocycles. The highest BCUT2D eigenvalue weighted by molar-refractivity contribution is 7.12. The van der Waals surface area contributed by atoms with Gasteiger partial charge in [0.05, 0.1) is 0 Å². The first-order chi connectivity index (χ1) is 13.9. The molecule has 2 aliphatic rings. The average Bonchev–Trinajstić information content (AvgIpc) is 3.25. The monoisotopic (exact) mass is 413 g/mol. The molecule has 2 aliphatic carbocycles. The molecule has 29 heavy (non-hydrogen) atoms. The van der Waals surface area contributed by atoms with Gasteiger partial charge >= 0.3 is 0 Å². The summed E-state index contributed by atoms with van der Waals surface area (Å²) in [6.07, 6.45) is 2.78. The predicted octanol–water partition coefficient (Wildman–Crippen LogP) is 4.49. The van der Waals surface area contributed by atoms with Gasteiger partial charge in [0.2, 0.25) is 0 Å². The van der Waals surface area contributed by atoms with Gasteiger partial charge in [-0.25, -0.2) is 0 Å². The number of hydrogen-bond acceptors (Lipinski definition) is 5. The summed E-state index contributed by atoms with van der Waals surface area (Å²) in [6, 6.07) is 10.1. The Hall–Kier alpha value is -1.69. The number of benzene rings is 1. The van der Waals surface area contributed by atoms with Crippen molar-refractivity contribution in [3.63, 3.8) is 0 Å². The molecule has 0 saturated heterocycles. The lowest BCUT2D eigenvalue weighted by Gasteiger charge is -2.26. The summed E-state index contributed by atoms with van der Waals surface area (Å²) in [5.74, 6) is 1.51. The minimum atomic E-state index is -0.562. The minimum Gasteiger partial charge on any atom is -0.487 e. The standard InChI is InChI=1S/C24H31NO3S/c1-14(2)17-6-4-5-7-20(17)28-21-10-9-19(24(21)27)25-13-16-8-11-22-18(23(16)26)12-15(3)29-22/h4-7,12,14,16,19,21,24-25,27H,8-11,13H2,1-3H3. The maximum atomic E-state index is 12.8. The molecule has 1 fully saturated rings. The van der Waals surface area contributed by atoms with Gasteiger partial charge in [-0.05, 0) is 56.2 Å². The van der Waals surface area contributed by atoms with Gasteiger partial charge in [-0.2, -0.15) is 0 Å². The van der Waals surface area contributed by atoms with E-state index in [2.05, 4.69) is 32.2 Å². The second-order valence-electron chi connectivity index (χ2n) is 8.73. The molecule has 156 valence electrons. The number of aryl methyl sites for hydroxylation is 2. The predicted molar refractivity (Wildman–Crippen MR) is 117 cm³/mol. The van der Waals surface area contributed by atoms with E-state index in [1.807, 2.05) is 24.3 Å². The molecule has 0 radical (unpaired) electrons. The lowest BCUT2D eigenvalue weighted by molar-refractivity contribution is 0.0435. The number of nitrogens with one attached hydrogen (secondary N) is 1. The number of fused-ring (bicyclic) bond motifs is 1. The Bertz CT molecular complexity index is 875. The SMILES string of the molecule is Cc1cc2c(s1)CCC(CNC1CCC(Oc3ccccc3C(C)C)C1O)C2=O. The Kier molecular flexibility index (Phi) is 6.09. The first-order valence-electron chi connectivity index (χ1n) is 10.7. The molecule has 4 atom stereocenters. The molecule has 4 nitrogen and oxygen atoms in total. The summed E-state index contributed by atoms with van der Waals surface area (Å²) in [7, 11) is 0. The first-order valence-corrected chi connectivity index (χ1v) is 11.6. The van der Waals surface area contributed by atoms with E-state index in [4.69, 9.17) is 4.74 Å². The highest BCUT2D eigenvalue weighted by Gasteiger charge is 2.37. The van der Waals surface area contributed by atoms with Gasteiger partial charge in [0.15, 0.2) is 5.78 Å². The lowest BCUT2D eigenvalue weighted by Crippen LogP contribution is -2.44. The zero-order chi connectivity index (χ0) is 20.5. The molecule has 0 amide bonds. The number of ketones is 1. The lowest BCUT2D eigenvalue weighted by atomic mass is 9.87. The van der Waals surface area contributed by atoms with Crippen LogP contribution in [0.4, 0.5) is 0 Å². The van der Waals surface area contributed by atoms with Crippen LogP contribution in [-0.2, 0) is 6.42 Å². The molecule has 1 aromatic heterocycles. The van der Waals surface area contributed by atoms with Crippen molar-refractivity contribution in [2.24, 2.45) is 5.92 Å². The van der Waals surface area contributed by atoms with E-state index >= 15 is 0 Å². The van der Waals surface area contributed by atoms with Crippen LogP contribution < -0.4 is 10.1 Å². The topological polar surface area (TPSA) is 58.6 Å². The van der Waals surface area contributed by atoms with Crippen molar-refractivity contribution in [3.8, 4) is 5.75 Å². The molecule has 0 spiro atoms. The molecule has 4 rings (SSSR count). The van der Waals surface area contributed by atoms with Crippen molar-refractivity contribution in [2.45, 2.75) is 70.6 Å². The summed E-state index contributed by atoms with van der Waals surface area (Å²) >= 11 is 1.75. The Morgan fingerprint density at radius 1 is 1.24 bits per heavy atom. The van der Waals surface area contributed by atoms with Crippen molar-refractivity contribution in [2.75, 3.05) is 6.54 Å². The number of Topliss-reactive ketones (excluding diaryl/α,β-unsaturated/α-hetero) is 1. The molecular formula is C24H31NO3S. The van der Waals surface area contributed by atoms with Gasteiger partial charge in [-0.1, -0.05) is 32.0 Å².